The minimum absolute atomic E-state index is 0.211. The molecule has 1 aliphatic rings. The van der Waals surface area contributed by atoms with Gasteiger partial charge in [-0.05, 0) is 37.5 Å². The van der Waals surface area contributed by atoms with Crippen LogP contribution in [0.2, 0.25) is 0 Å². The number of hydrogen-bond donors (Lipinski definition) is 2. The highest BCUT2D eigenvalue weighted by Gasteiger charge is 2.47. The van der Waals surface area contributed by atoms with Gasteiger partial charge in [-0.1, -0.05) is 28.1 Å². The van der Waals surface area contributed by atoms with Crippen LogP contribution in [0.3, 0.4) is 0 Å². The number of carbonyl (C=O) groups excluding carboxylic acids is 1. The number of aliphatic hydroxyl groups is 1. The number of hydrogen-bond acceptors (Lipinski definition) is 4. The molecule has 1 aliphatic heterocycles. The van der Waals surface area contributed by atoms with Gasteiger partial charge in [-0.3, -0.25) is 4.79 Å². The molecule has 6 nitrogen and oxygen atoms in total. The van der Waals surface area contributed by atoms with Crippen molar-refractivity contribution in [1.29, 1.82) is 0 Å². The molecule has 1 heterocycles. The van der Waals surface area contributed by atoms with Crippen molar-refractivity contribution >= 4 is 28.0 Å². The lowest BCUT2D eigenvalue weighted by molar-refractivity contribution is -0.152. The summed E-state index contributed by atoms with van der Waals surface area (Å²) in [5.41, 5.74) is -1.10. The van der Waals surface area contributed by atoms with Gasteiger partial charge in [0.05, 0.1) is 19.1 Å². The van der Waals surface area contributed by atoms with Gasteiger partial charge in [-0.25, -0.2) is 4.79 Å². The van der Waals surface area contributed by atoms with E-state index in [1.807, 2.05) is 0 Å². The Balaban J connectivity index is 2.39. The maximum atomic E-state index is 12.0. The van der Waals surface area contributed by atoms with Crippen molar-refractivity contribution in [3.8, 4) is 0 Å². The standard InChI is InChI=1S/C16H20BrNO5/c1-2-23-14(19)10-16(22,11-5-7-12(17)8-6-11)13-4-3-9-18(13)15(20)21/h5-8,13,22H,2-4,9-10H2,1H3,(H,20,21)/t13-,16?/m0/s1. The van der Waals surface area contributed by atoms with Crippen molar-refractivity contribution in [2.24, 2.45) is 0 Å². The maximum absolute atomic E-state index is 12.0. The maximum Gasteiger partial charge on any atom is 0.407 e. The first-order valence-electron chi connectivity index (χ1n) is 7.52. The average molecular weight is 386 g/mol. The molecule has 0 aromatic heterocycles. The summed E-state index contributed by atoms with van der Waals surface area (Å²) in [5, 5.41) is 20.6. The van der Waals surface area contributed by atoms with Crippen LogP contribution in [-0.2, 0) is 15.1 Å². The molecule has 0 aliphatic carbocycles. The number of amides is 1. The smallest absolute Gasteiger partial charge is 0.407 e. The highest BCUT2D eigenvalue weighted by atomic mass is 79.9. The normalized spacial score (nSPS) is 20.1. The molecule has 126 valence electrons. The first kappa shape index (κ1) is 17.7. The molecular weight excluding hydrogens is 366 g/mol. The fraction of sp³-hybridized carbons (Fsp3) is 0.500. The number of halogens is 1. The zero-order valence-corrected chi connectivity index (χ0v) is 14.5. The third-order valence-corrected chi connectivity index (χ3v) is 4.64. The highest BCUT2D eigenvalue weighted by Crippen LogP contribution is 2.38. The molecule has 1 amide bonds. The van der Waals surface area contributed by atoms with Gasteiger partial charge in [-0.2, -0.15) is 0 Å². The first-order valence-corrected chi connectivity index (χ1v) is 8.31. The molecule has 2 atom stereocenters. The minimum Gasteiger partial charge on any atom is -0.466 e. The van der Waals surface area contributed by atoms with Gasteiger partial charge < -0.3 is 19.8 Å². The second kappa shape index (κ2) is 7.31. The van der Waals surface area contributed by atoms with Crippen molar-refractivity contribution < 1.29 is 24.5 Å². The van der Waals surface area contributed by atoms with E-state index < -0.39 is 23.7 Å². The molecule has 0 spiro atoms. The third kappa shape index (κ3) is 3.84. The molecular formula is C16H20BrNO5. The highest BCUT2D eigenvalue weighted by molar-refractivity contribution is 9.10. The Kier molecular flexibility index (Phi) is 5.64. The molecule has 1 aromatic rings. The molecule has 2 N–H and O–H groups in total. The Bertz CT molecular complexity index is 576. The van der Waals surface area contributed by atoms with Crippen LogP contribution in [0.25, 0.3) is 0 Å². The van der Waals surface area contributed by atoms with Crippen LogP contribution in [0.5, 0.6) is 0 Å². The number of carbonyl (C=O) groups is 2. The van der Waals surface area contributed by atoms with Crippen LogP contribution in [0.15, 0.2) is 28.7 Å². The lowest BCUT2D eigenvalue weighted by Gasteiger charge is -2.37. The van der Waals surface area contributed by atoms with Crippen LogP contribution in [0, 0.1) is 0 Å². The summed E-state index contributed by atoms with van der Waals surface area (Å²) in [6, 6.07) is 6.23. The Morgan fingerprint density at radius 2 is 2.04 bits per heavy atom. The second-order valence-corrected chi connectivity index (χ2v) is 6.46. The fourth-order valence-electron chi connectivity index (χ4n) is 3.08. The van der Waals surface area contributed by atoms with Gasteiger partial charge in [0.25, 0.3) is 0 Å². The molecule has 0 bridgehead atoms. The molecule has 1 fully saturated rings. The Hall–Kier alpha value is -1.60. The van der Waals surface area contributed by atoms with E-state index in [0.29, 0.717) is 24.9 Å². The molecule has 0 radical (unpaired) electrons. The van der Waals surface area contributed by atoms with E-state index in [-0.39, 0.29) is 13.0 Å². The lowest BCUT2D eigenvalue weighted by atomic mass is 9.82. The topological polar surface area (TPSA) is 87.1 Å². The van der Waals surface area contributed by atoms with Gasteiger partial charge in [0.2, 0.25) is 0 Å². The van der Waals surface area contributed by atoms with Crippen LogP contribution < -0.4 is 0 Å². The van der Waals surface area contributed by atoms with E-state index in [0.717, 1.165) is 4.47 Å². The second-order valence-electron chi connectivity index (χ2n) is 5.55. The van der Waals surface area contributed by atoms with Crippen molar-refractivity contribution in [3.05, 3.63) is 34.3 Å². The summed E-state index contributed by atoms with van der Waals surface area (Å²) >= 11 is 3.33. The van der Waals surface area contributed by atoms with Gasteiger partial charge in [0, 0.05) is 11.0 Å². The molecule has 1 unspecified atom stereocenters. The lowest BCUT2D eigenvalue weighted by Crippen LogP contribution is -2.50. The zero-order valence-electron chi connectivity index (χ0n) is 12.9. The number of esters is 1. The Labute approximate surface area is 143 Å². The van der Waals surface area contributed by atoms with Gasteiger partial charge >= 0.3 is 12.1 Å². The SMILES string of the molecule is CCOC(=O)CC(O)(c1ccc(Br)cc1)[C@@H]1CCCN1C(=O)O. The zero-order chi connectivity index (χ0) is 17.0. The van der Waals surface area contributed by atoms with Crippen LogP contribution >= 0.6 is 15.9 Å². The van der Waals surface area contributed by atoms with E-state index >= 15 is 0 Å². The van der Waals surface area contributed by atoms with E-state index in [1.54, 1.807) is 31.2 Å². The monoisotopic (exact) mass is 385 g/mol. The largest absolute Gasteiger partial charge is 0.466 e. The average Bonchev–Trinajstić information content (AvgIpc) is 2.98. The number of benzene rings is 1. The van der Waals surface area contributed by atoms with Crippen molar-refractivity contribution in [1.82, 2.24) is 4.90 Å². The van der Waals surface area contributed by atoms with E-state index in [9.17, 15) is 19.8 Å². The molecule has 2 rings (SSSR count). The molecule has 1 aromatic carbocycles. The number of carboxylic acid groups (broad SMARTS) is 1. The first-order chi connectivity index (χ1) is 10.9. The Morgan fingerprint density at radius 3 is 2.61 bits per heavy atom. The van der Waals surface area contributed by atoms with Crippen LogP contribution in [0.1, 0.15) is 31.7 Å². The quantitative estimate of drug-likeness (QED) is 0.760. The third-order valence-electron chi connectivity index (χ3n) is 4.11. The molecule has 7 heteroatoms. The summed E-state index contributed by atoms with van der Waals surface area (Å²) in [6.07, 6.45) is -0.222. The summed E-state index contributed by atoms with van der Waals surface area (Å²) in [7, 11) is 0. The van der Waals surface area contributed by atoms with Gasteiger partial charge in [0.1, 0.15) is 5.60 Å². The molecule has 1 saturated heterocycles. The predicted octanol–water partition coefficient (Wildman–Crippen LogP) is 2.73. The van der Waals surface area contributed by atoms with Crippen molar-refractivity contribution in [3.63, 3.8) is 0 Å². The molecule has 23 heavy (non-hydrogen) atoms. The number of nitrogens with zero attached hydrogens (tertiary/aromatic N) is 1. The van der Waals surface area contributed by atoms with E-state index in [2.05, 4.69) is 15.9 Å². The summed E-state index contributed by atoms with van der Waals surface area (Å²) in [6.45, 7) is 2.25. The Morgan fingerprint density at radius 1 is 1.39 bits per heavy atom. The van der Waals surface area contributed by atoms with E-state index in [4.69, 9.17) is 4.74 Å². The summed E-state index contributed by atoms with van der Waals surface area (Å²) < 4.78 is 5.80. The van der Waals surface area contributed by atoms with Crippen LogP contribution in [-0.4, -0.2) is 46.4 Å². The fourth-order valence-corrected chi connectivity index (χ4v) is 3.34. The number of rotatable bonds is 5. The van der Waals surface area contributed by atoms with Crippen LogP contribution in [0.4, 0.5) is 4.79 Å². The van der Waals surface area contributed by atoms with Crippen molar-refractivity contribution in [2.45, 2.75) is 37.8 Å². The van der Waals surface area contributed by atoms with E-state index in [1.165, 1.54) is 4.90 Å². The number of likely N-dealkylation sites (tertiary alicyclic amines) is 1. The van der Waals surface area contributed by atoms with Crippen molar-refractivity contribution in [2.75, 3.05) is 13.2 Å². The molecule has 0 saturated carbocycles. The summed E-state index contributed by atoms with van der Waals surface area (Å²) in [4.78, 5) is 24.6. The van der Waals surface area contributed by atoms with Gasteiger partial charge in [0.15, 0.2) is 0 Å². The number of ether oxygens (including phenoxy) is 1. The minimum atomic E-state index is -1.61. The predicted molar refractivity (Wildman–Crippen MR) is 87.0 cm³/mol. The summed E-state index contributed by atoms with van der Waals surface area (Å²) in [5.74, 6) is -0.546. The van der Waals surface area contributed by atoms with Gasteiger partial charge in [-0.15, -0.1) is 0 Å².